The third-order valence-electron chi connectivity index (χ3n) is 5.87. The number of amides is 1. The lowest BCUT2D eigenvalue weighted by molar-refractivity contribution is 0.0172. The van der Waals surface area contributed by atoms with Crippen molar-refractivity contribution < 1.29 is 14.3 Å². The van der Waals surface area contributed by atoms with Gasteiger partial charge in [-0.1, -0.05) is 24.3 Å². The van der Waals surface area contributed by atoms with Crippen molar-refractivity contribution in [2.45, 2.75) is 45.8 Å². The molecule has 7 heteroatoms. The highest BCUT2D eigenvalue weighted by Crippen LogP contribution is 2.24. The van der Waals surface area contributed by atoms with E-state index in [1.54, 1.807) is 7.11 Å². The Bertz CT molecular complexity index is 1090. The zero-order chi connectivity index (χ0) is 23.4. The Kier molecular flexibility index (Phi) is 6.77. The molecule has 33 heavy (non-hydrogen) atoms. The fourth-order valence-corrected chi connectivity index (χ4v) is 4.24. The molecular weight excluding hydrogens is 416 g/mol. The number of hydrogen-bond donors (Lipinski definition) is 1. The molecule has 1 amide bonds. The number of piperidine rings is 1. The molecule has 0 saturated carbocycles. The lowest BCUT2D eigenvalue weighted by atomic mass is 9.98. The summed E-state index contributed by atoms with van der Waals surface area (Å²) in [5, 5.41) is 3.57. The van der Waals surface area contributed by atoms with Crippen LogP contribution in [0.5, 0.6) is 5.75 Å². The quantitative estimate of drug-likeness (QED) is 0.562. The molecule has 7 nitrogen and oxygen atoms in total. The molecule has 1 aliphatic heterocycles. The van der Waals surface area contributed by atoms with Crippen LogP contribution in [0.3, 0.4) is 0 Å². The van der Waals surface area contributed by atoms with E-state index in [0.717, 1.165) is 48.7 Å². The van der Waals surface area contributed by atoms with Crippen LogP contribution in [-0.4, -0.2) is 52.9 Å². The monoisotopic (exact) mass is 450 g/mol. The zero-order valence-electron chi connectivity index (χ0n) is 20.0. The first-order chi connectivity index (χ1) is 15.8. The number of methoxy groups -OCH3 is 1. The van der Waals surface area contributed by atoms with Crippen molar-refractivity contribution in [2.75, 3.05) is 32.1 Å². The van der Waals surface area contributed by atoms with Gasteiger partial charge in [-0.3, -0.25) is 0 Å². The van der Waals surface area contributed by atoms with Crippen LogP contribution in [0.1, 0.15) is 39.2 Å². The van der Waals surface area contributed by atoms with Crippen LogP contribution in [0.15, 0.2) is 48.5 Å². The smallest absolute Gasteiger partial charge is 0.410 e. The largest absolute Gasteiger partial charge is 0.497 e. The number of fused-ring (bicyclic) bond motifs is 1. The summed E-state index contributed by atoms with van der Waals surface area (Å²) in [6.07, 6.45) is 1.83. The van der Waals surface area contributed by atoms with Gasteiger partial charge >= 0.3 is 6.09 Å². The van der Waals surface area contributed by atoms with Crippen molar-refractivity contribution in [3.8, 4) is 5.75 Å². The van der Waals surface area contributed by atoms with Gasteiger partial charge in [-0.15, -0.1) is 0 Å². The second-order valence-electron chi connectivity index (χ2n) is 9.67. The van der Waals surface area contributed by atoms with Crippen LogP contribution in [0.4, 0.5) is 10.7 Å². The van der Waals surface area contributed by atoms with Crippen LogP contribution in [0.2, 0.25) is 0 Å². The number of para-hydroxylation sites is 2. The summed E-state index contributed by atoms with van der Waals surface area (Å²) in [6, 6.07) is 16.3. The molecule has 2 heterocycles. The fraction of sp³-hybridized carbons (Fsp3) is 0.462. The molecule has 1 aromatic heterocycles. The number of nitrogens with one attached hydrogen (secondary N) is 1. The van der Waals surface area contributed by atoms with Gasteiger partial charge in [-0.25, -0.2) is 9.78 Å². The summed E-state index contributed by atoms with van der Waals surface area (Å²) in [5.74, 6) is 2.04. The number of carbonyl (C=O) groups is 1. The van der Waals surface area contributed by atoms with Gasteiger partial charge in [-0.2, -0.15) is 0 Å². The van der Waals surface area contributed by atoms with Gasteiger partial charge in [0.2, 0.25) is 5.95 Å². The van der Waals surface area contributed by atoms with Crippen molar-refractivity contribution in [2.24, 2.45) is 5.92 Å². The number of aromatic nitrogens is 2. The summed E-state index contributed by atoms with van der Waals surface area (Å²) in [6.45, 7) is 8.62. The summed E-state index contributed by atoms with van der Waals surface area (Å²) in [4.78, 5) is 19.2. The second-order valence-corrected chi connectivity index (χ2v) is 9.67. The highest BCUT2D eigenvalue weighted by atomic mass is 16.6. The van der Waals surface area contributed by atoms with E-state index in [0.29, 0.717) is 19.0 Å². The number of likely N-dealkylation sites (tertiary alicyclic amines) is 1. The fourth-order valence-electron chi connectivity index (χ4n) is 4.24. The van der Waals surface area contributed by atoms with E-state index in [4.69, 9.17) is 14.5 Å². The Labute approximate surface area is 195 Å². The van der Waals surface area contributed by atoms with Crippen LogP contribution >= 0.6 is 0 Å². The topological polar surface area (TPSA) is 68.6 Å². The summed E-state index contributed by atoms with van der Waals surface area (Å²) in [7, 11) is 1.68. The minimum Gasteiger partial charge on any atom is -0.497 e. The first-order valence-corrected chi connectivity index (χ1v) is 11.6. The molecule has 0 aliphatic carbocycles. The third-order valence-corrected chi connectivity index (χ3v) is 5.87. The minimum absolute atomic E-state index is 0.223. The molecule has 0 unspecified atom stereocenters. The van der Waals surface area contributed by atoms with Gasteiger partial charge in [0.1, 0.15) is 11.4 Å². The van der Waals surface area contributed by atoms with Gasteiger partial charge in [0.15, 0.2) is 0 Å². The molecule has 2 aromatic carbocycles. The number of carbonyl (C=O) groups excluding carboxylic acids is 1. The standard InChI is InChI=1S/C26H34N4O3/c1-26(2,3)33-25(31)29-15-7-8-20(17-29)16-27-24-28-22-9-5-6-10-23(22)30(24)18-19-11-13-21(32-4)14-12-19/h5-6,9-14,20H,7-8,15-18H2,1-4H3,(H,27,28)/t20-/m1/s1. The predicted octanol–water partition coefficient (Wildman–Crippen LogP) is 5.15. The maximum absolute atomic E-state index is 12.5. The van der Waals surface area contributed by atoms with Crippen molar-refractivity contribution in [3.63, 3.8) is 0 Å². The lowest BCUT2D eigenvalue weighted by Crippen LogP contribution is -2.44. The Morgan fingerprint density at radius 2 is 1.91 bits per heavy atom. The molecule has 1 aliphatic rings. The number of anilines is 1. The van der Waals surface area contributed by atoms with Gasteiger partial charge in [-0.05, 0) is 69.4 Å². The maximum atomic E-state index is 12.5. The minimum atomic E-state index is -0.478. The predicted molar refractivity (Wildman–Crippen MR) is 131 cm³/mol. The number of imidazole rings is 1. The number of nitrogens with zero attached hydrogens (tertiary/aromatic N) is 3. The normalized spacial score (nSPS) is 16.6. The Hall–Kier alpha value is -3.22. The molecule has 0 bridgehead atoms. The molecule has 4 rings (SSSR count). The first kappa shape index (κ1) is 23.0. The van der Waals surface area contributed by atoms with E-state index in [2.05, 4.69) is 28.1 Å². The molecule has 1 saturated heterocycles. The van der Waals surface area contributed by atoms with Gasteiger partial charge < -0.3 is 24.3 Å². The van der Waals surface area contributed by atoms with Crippen molar-refractivity contribution in [1.82, 2.24) is 14.5 Å². The van der Waals surface area contributed by atoms with E-state index in [-0.39, 0.29) is 6.09 Å². The highest BCUT2D eigenvalue weighted by Gasteiger charge is 2.27. The lowest BCUT2D eigenvalue weighted by Gasteiger charge is -2.34. The van der Waals surface area contributed by atoms with Crippen molar-refractivity contribution in [3.05, 3.63) is 54.1 Å². The maximum Gasteiger partial charge on any atom is 0.410 e. The summed E-state index contributed by atoms with van der Waals surface area (Å²) >= 11 is 0. The Morgan fingerprint density at radius 1 is 1.15 bits per heavy atom. The molecule has 176 valence electrons. The SMILES string of the molecule is COc1ccc(Cn2c(NC[C@H]3CCCN(C(=O)OC(C)(C)C)C3)nc3ccccc32)cc1. The van der Waals surface area contributed by atoms with Crippen LogP contribution in [0, 0.1) is 5.92 Å². The van der Waals surface area contributed by atoms with E-state index < -0.39 is 5.60 Å². The third kappa shape index (κ3) is 5.78. The molecule has 0 spiro atoms. The first-order valence-electron chi connectivity index (χ1n) is 11.6. The Morgan fingerprint density at radius 3 is 2.64 bits per heavy atom. The average molecular weight is 451 g/mol. The summed E-state index contributed by atoms with van der Waals surface area (Å²) in [5.41, 5.74) is 2.76. The molecule has 1 N–H and O–H groups in total. The van der Waals surface area contributed by atoms with Gasteiger partial charge in [0, 0.05) is 19.6 Å². The molecular formula is C26H34N4O3. The Balaban J connectivity index is 1.47. The van der Waals surface area contributed by atoms with Gasteiger partial charge in [0.05, 0.1) is 24.7 Å². The highest BCUT2D eigenvalue weighted by molar-refractivity contribution is 5.78. The summed E-state index contributed by atoms with van der Waals surface area (Å²) < 4.78 is 13.1. The van der Waals surface area contributed by atoms with Gasteiger partial charge in [0.25, 0.3) is 0 Å². The molecule has 1 atom stereocenters. The van der Waals surface area contributed by atoms with Crippen molar-refractivity contribution >= 4 is 23.1 Å². The number of hydrogen-bond acceptors (Lipinski definition) is 5. The van der Waals surface area contributed by atoms with Crippen LogP contribution in [0.25, 0.3) is 11.0 Å². The van der Waals surface area contributed by atoms with Crippen LogP contribution in [-0.2, 0) is 11.3 Å². The number of ether oxygens (including phenoxy) is 2. The molecule has 1 fully saturated rings. The molecule has 0 radical (unpaired) electrons. The average Bonchev–Trinajstić information content (AvgIpc) is 3.14. The second kappa shape index (κ2) is 9.73. The van der Waals surface area contributed by atoms with E-state index in [1.807, 2.05) is 56.0 Å². The van der Waals surface area contributed by atoms with Crippen LogP contribution < -0.4 is 10.1 Å². The number of benzene rings is 2. The number of rotatable bonds is 6. The van der Waals surface area contributed by atoms with Crippen molar-refractivity contribution in [1.29, 1.82) is 0 Å². The molecule has 3 aromatic rings. The van der Waals surface area contributed by atoms with E-state index >= 15 is 0 Å². The zero-order valence-corrected chi connectivity index (χ0v) is 20.0. The van der Waals surface area contributed by atoms with E-state index in [1.165, 1.54) is 5.56 Å². The van der Waals surface area contributed by atoms with E-state index in [9.17, 15) is 4.79 Å².